The van der Waals surface area contributed by atoms with E-state index in [0.717, 1.165) is 32.6 Å². The zero-order valence-electron chi connectivity index (χ0n) is 19.9. The Morgan fingerprint density at radius 1 is 1.03 bits per heavy atom. The molecule has 34 heavy (non-hydrogen) atoms. The second-order valence-corrected chi connectivity index (χ2v) is 9.61. The first-order valence-corrected chi connectivity index (χ1v) is 12.5. The standard InChI is InChI=1S/C30H31N3O/c1-3-32(4-2)30(34)24-15-26-25-10-7-11-27-29(25)23(17-31-27)16-28(26)33(19-24)18-20-12-13-21-8-5-6-9-22(21)14-20/h5-15,17,24,28,31H,3-4,16,18-19H2,1-2H3/t24-,28-/m1/s1. The third-order valence-corrected chi connectivity index (χ3v) is 7.72. The molecule has 4 aromatic rings. The Kier molecular flexibility index (Phi) is 5.26. The molecule has 0 unspecified atom stereocenters. The molecule has 6 rings (SSSR count). The molecule has 2 heterocycles. The summed E-state index contributed by atoms with van der Waals surface area (Å²) in [6.45, 7) is 7.23. The number of amides is 1. The number of benzene rings is 3. The molecular weight excluding hydrogens is 418 g/mol. The normalized spacial score (nSPS) is 19.8. The largest absolute Gasteiger partial charge is 0.361 e. The first kappa shape index (κ1) is 21.2. The predicted molar refractivity (Wildman–Crippen MR) is 140 cm³/mol. The van der Waals surface area contributed by atoms with Crippen LogP contribution in [0, 0.1) is 5.92 Å². The quantitative estimate of drug-likeness (QED) is 0.429. The van der Waals surface area contributed by atoms with Gasteiger partial charge in [-0.25, -0.2) is 0 Å². The van der Waals surface area contributed by atoms with Crippen LogP contribution >= 0.6 is 0 Å². The van der Waals surface area contributed by atoms with Crippen LogP contribution in [0.5, 0.6) is 0 Å². The van der Waals surface area contributed by atoms with E-state index < -0.39 is 0 Å². The van der Waals surface area contributed by atoms with Crippen LogP contribution in [0.2, 0.25) is 0 Å². The van der Waals surface area contributed by atoms with Crippen LogP contribution in [0.15, 0.2) is 72.9 Å². The van der Waals surface area contributed by atoms with E-state index >= 15 is 0 Å². The molecule has 172 valence electrons. The zero-order valence-corrected chi connectivity index (χ0v) is 19.9. The molecule has 4 nitrogen and oxygen atoms in total. The van der Waals surface area contributed by atoms with Gasteiger partial charge in [0.1, 0.15) is 0 Å². The van der Waals surface area contributed by atoms with Gasteiger partial charge in [-0.1, -0.05) is 54.6 Å². The van der Waals surface area contributed by atoms with Gasteiger partial charge in [0.15, 0.2) is 0 Å². The van der Waals surface area contributed by atoms with Gasteiger partial charge in [-0.15, -0.1) is 0 Å². The number of aromatic nitrogens is 1. The van der Waals surface area contributed by atoms with Crippen molar-refractivity contribution in [2.75, 3.05) is 19.6 Å². The maximum Gasteiger partial charge on any atom is 0.230 e. The molecule has 3 aromatic carbocycles. The highest BCUT2D eigenvalue weighted by atomic mass is 16.2. The van der Waals surface area contributed by atoms with Gasteiger partial charge in [-0.05, 0) is 65.4 Å². The summed E-state index contributed by atoms with van der Waals surface area (Å²) in [4.78, 5) is 21.5. The first-order chi connectivity index (χ1) is 16.7. The highest BCUT2D eigenvalue weighted by Crippen LogP contribution is 2.42. The molecule has 1 aromatic heterocycles. The van der Waals surface area contributed by atoms with E-state index in [9.17, 15) is 4.79 Å². The van der Waals surface area contributed by atoms with Crippen molar-refractivity contribution in [3.05, 3.63) is 89.6 Å². The fraction of sp³-hybridized carbons (Fsp3) is 0.300. The monoisotopic (exact) mass is 449 g/mol. The van der Waals surface area contributed by atoms with Gasteiger partial charge in [-0.3, -0.25) is 9.69 Å². The maximum atomic E-state index is 13.5. The van der Waals surface area contributed by atoms with Crippen LogP contribution in [-0.2, 0) is 17.8 Å². The Labute approximate surface area is 200 Å². The molecule has 0 saturated carbocycles. The topological polar surface area (TPSA) is 39.3 Å². The SMILES string of the molecule is CCN(CC)C(=O)[C@@H]1C=C2c3cccc4[nH]cc(c34)C[C@H]2N(Cc2ccc3ccccc3c2)C1. The maximum absolute atomic E-state index is 13.5. The van der Waals surface area contributed by atoms with Gasteiger partial charge in [0.2, 0.25) is 5.91 Å². The minimum Gasteiger partial charge on any atom is -0.361 e. The average molecular weight is 450 g/mol. The lowest BCUT2D eigenvalue weighted by molar-refractivity contribution is -0.134. The highest BCUT2D eigenvalue weighted by Gasteiger charge is 2.38. The number of nitrogens with one attached hydrogen (secondary N) is 1. The van der Waals surface area contributed by atoms with Gasteiger partial charge in [0, 0.05) is 49.3 Å². The second-order valence-electron chi connectivity index (χ2n) is 9.61. The van der Waals surface area contributed by atoms with E-state index in [1.165, 1.54) is 43.9 Å². The lowest BCUT2D eigenvalue weighted by Gasteiger charge is -2.42. The van der Waals surface area contributed by atoms with E-state index in [1.807, 2.05) is 4.90 Å². The van der Waals surface area contributed by atoms with E-state index in [2.05, 4.69) is 96.7 Å². The lowest BCUT2D eigenvalue weighted by atomic mass is 9.79. The van der Waals surface area contributed by atoms with Crippen LogP contribution in [0.25, 0.3) is 27.2 Å². The molecule has 4 heteroatoms. The molecule has 1 aliphatic heterocycles. The fourth-order valence-electron chi connectivity index (χ4n) is 6.00. The summed E-state index contributed by atoms with van der Waals surface area (Å²) in [6.07, 6.45) is 5.43. The van der Waals surface area contributed by atoms with Crippen LogP contribution in [0.1, 0.15) is 30.5 Å². The third kappa shape index (κ3) is 3.45. The summed E-state index contributed by atoms with van der Waals surface area (Å²) in [5.41, 5.74) is 6.46. The van der Waals surface area contributed by atoms with Gasteiger partial charge in [0.25, 0.3) is 0 Å². The number of hydrogen-bond donors (Lipinski definition) is 1. The number of fused-ring (bicyclic) bond motifs is 3. The van der Waals surface area contributed by atoms with Crippen molar-refractivity contribution in [1.29, 1.82) is 0 Å². The Bertz CT molecular complexity index is 1410. The van der Waals surface area contributed by atoms with Crippen molar-refractivity contribution in [3.8, 4) is 0 Å². The predicted octanol–water partition coefficient (Wildman–Crippen LogP) is 5.63. The molecule has 0 fully saturated rings. The van der Waals surface area contributed by atoms with Gasteiger partial charge in [-0.2, -0.15) is 0 Å². The van der Waals surface area contributed by atoms with Crippen molar-refractivity contribution in [2.45, 2.75) is 32.9 Å². The summed E-state index contributed by atoms with van der Waals surface area (Å²) >= 11 is 0. The minimum absolute atomic E-state index is 0.123. The summed E-state index contributed by atoms with van der Waals surface area (Å²) in [6, 6.07) is 22.1. The molecular formula is C30H31N3O. The summed E-state index contributed by atoms with van der Waals surface area (Å²) < 4.78 is 0. The molecule has 0 radical (unpaired) electrons. The Balaban J connectivity index is 1.42. The van der Waals surface area contributed by atoms with Crippen molar-refractivity contribution in [1.82, 2.24) is 14.8 Å². The average Bonchev–Trinajstić information content (AvgIpc) is 3.29. The van der Waals surface area contributed by atoms with E-state index in [4.69, 9.17) is 0 Å². The molecule has 0 spiro atoms. The zero-order chi connectivity index (χ0) is 23.2. The number of hydrogen-bond acceptors (Lipinski definition) is 2. The number of carbonyl (C=O) groups excluding carboxylic acids is 1. The van der Waals surface area contributed by atoms with Crippen molar-refractivity contribution in [3.63, 3.8) is 0 Å². The molecule has 2 aliphatic rings. The first-order valence-electron chi connectivity index (χ1n) is 12.5. The smallest absolute Gasteiger partial charge is 0.230 e. The number of carbonyl (C=O) groups is 1. The summed E-state index contributed by atoms with van der Waals surface area (Å²) in [5, 5.41) is 3.86. The second kappa shape index (κ2) is 8.44. The molecule has 0 bridgehead atoms. The van der Waals surface area contributed by atoms with Crippen molar-refractivity contribution >= 4 is 33.2 Å². The Hall–Kier alpha value is -3.37. The number of rotatable bonds is 5. The fourth-order valence-corrected chi connectivity index (χ4v) is 6.00. The third-order valence-electron chi connectivity index (χ3n) is 7.72. The molecule has 2 atom stereocenters. The molecule has 0 saturated heterocycles. The lowest BCUT2D eigenvalue weighted by Crippen LogP contribution is -2.48. The Morgan fingerprint density at radius 2 is 1.85 bits per heavy atom. The molecule has 1 N–H and O–H groups in total. The number of nitrogens with zero attached hydrogens (tertiary/aromatic N) is 2. The van der Waals surface area contributed by atoms with Crippen LogP contribution in [-0.4, -0.2) is 46.4 Å². The minimum atomic E-state index is -0.123. The van der Waals surface area contributed by atoms with E-state index in [-0.39, 0.29) is 17.9 Å². The number of aromatic amines is 1. The van der Waals surface area contributed by atoms with Crippen LogP contribution in [0.4, 0.5) is 0 Å². The van der Waals surface area contributed by atoms with Crippen molar-refractivity contribution in [2.24, 2.45) is 5.92 Å². The Morgan fingerprint density at radius 3 is 2.68 bits per heavy atom. The summed E-state index contributed by atoms with van der Waals surface area (Å²) in [5.74, 6) is 0.119. The van der Waals surface area contributed by atoms with Gasteiger partial charge < -0.3 is 9.88 Å². The highest BCUT2D eigenvalue weighted by molar-refractivity contribution is 5.99. The van der Waals surface area contributed by atoms with Crippen LogP contribution < -0.4 is 0 Å². The van der Waals surface area contributed by atoms with Gasteiger partial charge in [0.05, 0.1) is 5.92 Å². The molecule has 1 amide bonds. The van der Waals surface area contributed by atoms with E-state index in [1.54, 1.807) is 0 Å². The summed E-state index contributed by atoms with van der Waals surface area (Å²) in [7, 11) is 0. The van der Waals surface area contributed by atoms with Crippen LogP contribution in [0.3, 0.4) is 0 Å². The van der Waals surface area contributed by atoms with Crippen molar-refractivity contribution < 1.29 is 4.79 Å². The van der Waals surface area contributed by atoms with Gasteiger partial charge >= 0.3 is 0 Å². The number of H-pyrrole nitrogens is 1. The van der Waals surface area contributed by atoms with E-state index in [0.29, 0.717) is 0 Å². The molecule has 1 aliphatic carbocycles.